The molecule has 1 atom stereocenters. The van der Waals surface area contributed by atoms with Crippen LogP contribution in [0.15, 0.2) is 58.8 Å². The predicted octanol–water partition coefficient (Wildman–Crippen LogP) is 3.20. The molecule has 2 aromatic rings. The largest absolute Gasteiger partial charge is 0.481 e. The van der Waals surface area contributed by atoms with Crippen LogP contribution in [0.4, 0.5) is 4.39 Å². The summed E-state index contributed by atoms with van der Waals surface area (Å²) in [4.78, 5) is 23.9. The summed E-state index contributed by atoms with van der Waals surface area (Å²) in [5.74, 6) is -1.18. The fourth-order valence-electron chi connectivity index (χ4n) is 2.94. The van der Waals surface area contributed by atoms with E-state index in [9.17, 15) is 9.18 Å². The standard InChI is InChI=1S/C18H16FN3O2/c19-15-5-3-14(4-6-15)18(9-1-2-16(23)24)17(21-12-22-18)13-7-10-20-11-8-13/h3-8,10-12H,1-2,9H2,(H,23,24). The maximum atomic E-state index is 13.3. The molecule has 1 aliphatic heterocycles. The molecule has 5 nitrogen and oxygen atoms in total. The third-order valence-corrected chi connectivity index (χ3v) is 4.06. The highest BCUT2D eigenvalue weighted by Crippen LogP contribution is 2.38. The summed E-state index contributed by atoms with van der Waals surface area (Å²) in [6.07, 6.45) is 5.78. The van der Waals surface area contributed by atoms with E-state index < -0.39 is 11.5 Å². The van der Waals surface area contributed by atoms with Gasteiger partial charge in [-0.05, 0) is 42.7 Å². The van der Waals surface area contributed by atoms with Gasteiger partial charge in [0.1, 0.15) is 17.7 Å². The fourth-order valence-corrected chi connectivity index (χ4v) is 2.94. The molecule has 1 aliphatic rings. The molecule has 0 fully saturated rings. The first-order valence-electron chi connectivity index (χ1n) is 7.62. The van der Waals surface area contributed by atoms with E-state index in [1.165, 1.54) is 18.5 Å². The summed E-state index contributed by atoms with van der Waals surface area (Å²) in [6, 6.07) is 9.79. The van der Waals surface area contributed by atoms with Crippen LogP contribution >= 0.6 is 0 Å². The Balaban J connectivity index is 2.01. The lowest BCUT2D eigenvalue weighted by Gasteiger charge is -2.29. The monoisotopic (exact) mass is 325 g/mol. The minimum absolute atomic E-state index is 0.0437. The number of halogens is 1. The van der Waals surface area contributed by atoms with Gasteiger partial charge in [-0.25, -0.2) is 9.38 Å². The van der Waals surface area contributed by atoms with Crippen molar-refractivity contribution in [1.29, 1.82) is 0 Å². The topological polar surface area (TPSA) is 74.9 Å². The van der Waals surface area contributed by atoms with Crippen LogP contribution in [0.2, 0.25) is 0 Å². The van der Waals surface area contributed by atoms with E-state index in [1.807, 2.05) is 12.1 Å². The lowest BCUT2D eigenvalue weighted by Crippen LogP contribution is -2.33. The summed E-state index contributed by atoms with van der Waals surface area (Å²) >= 11 is 0. The summed E-state index contributed by atoms with van der Waals surface area (Å²) in [7, 11) is 0. The van der Waals surface area contributed by atoms with Crippen LogP contribution < -0.4 is 0 Å². The minimum Gasteiger partial charge on any atom is -0.481 e. The van der Waals surface area contributed by atoms with Gasteiger partial charge in [0, 0.05) is 24.4 Å². The molecule has 0 amide bonds. The molecule has 0 radical (unpaired) electrons. The molecule has 1 aromatic heterocycles. The van der Waals surface area contributed by atoms with Crippen LogP contribution in [0, 0.1) is 5.82 Å². The van der Waals surface area contributed by atoms with Crippen LogP contribution in [-0.2, 0) is 10.3 Å². The number of carbonyl (C=O) groups is 1. The summed E-state index contributed by atoms with van der Waals surface area (Å²) < 4.78 is 13.3. The molecule has 1 aromatic carbocycles. The van der Waals surface area contributed by atoms with Gasteiger partial charge >= 0.3 is 5.97 Å². The molecule has 0 saturated carbocycles. The molecule has 6 heteroatoms. The summed E-state index contributed by atoms with van der Waals surface area (Å²) in [5, 5.41) is 8.93. The zero-order chi connectivity index (χ0) is 17.0. The van der Waals surface area contributed by atoms with Gasteiger partial charge in [0.25, 0.3) is 0 Å². The van der Waals surface area contributed by atoms with Gasteiger partial charge in [-0.1, -0.05) is 12.1 Å². The van der Waals surface area contributed by atoms with Crippen molar-refractivity contribution in [2.24, 2.45) is 9.98 Å². The zero-order valence-corrected chi connectivity index (χ0v) is 12.9. The number of aliphatic carboxylic acids is 1. The molecule has 24 heavy (non-hydrogen) atoms. The van der Waals surface area contributed by atoms with E-state index in [1.54, 1.807) is 24.5 Å². The van der Waals surface area contributed by atoms with E-state index in [4.69, 9.17) is 5.11 Å². The number of aromatic nitrogens is 1. The van der Waals surface area contributed by atoms with Crippen molar-refractivity contribution in [2.75, 3.05) is 0 Å². The third-order valence-electron chi connectivity index (χ3n) is 4.06. The number of aliphatic imine (C=N–C) groups is 2. The Bertz CT molecular complexity index is 788. The Labute approximate surface area is 138 Å². The van der Waals surface area contributed by atoms with Crippen molar-refractivity contribution in [3.63, 3.8) is 0 Å². The summed E-state index contributed by atoms with van der Waals surface area (Å²) in [5.41, 5.74) is 1.58. The number of rotatable bonds is 6. The maximum absolute atomic E-state index is 13.3. The Morgan fingerprint density at radius 2 is 1.83 bits per heavy atom. The predicted molar refractivity (Wildman–Crippen MR) is 88.8 cm³/mol. The highest BCUT2D eigenvalue weighted by molar-refractivity contribution is 6.13. The fraction of sp³-hybridized carbons (Fsp3) is 0.222. The Morgan fingerprint density at radius 3 is 2.50 bits per heavy atom. The van der Waals surface area contributed by atoms with Gasteiger partial charge in [-0.15, -0.1) is 0 Å². The van der Waals surface area contributed by atoms with Crippen LogP contribution in [0.5, 0.6) is 0 Å². The number of pyridine rings is 1. The second-order valence-electron chi connectivity index (χ2n) is 5.57. The SMILES string of the molecule is O=C(O)CCCC1(c2ccc(F)cc2)N=CN=C1c1ccncc1. The highest BCUT2D eigenvalue weighted by Gasteiger charge is 2.40. The Morgan fingerprint density at radius 1 is 1.12 bits per heavy atom. The molecule has 0 spiro atoms. The van der Waals surface area contributed by atoms with Crippen molar-refractivity contribution in [3.05, 3.63) is 65.7 Å². The van der Waals surface area contributed by atoms with E-state index in [2.05, 4.69) is 15.0 Å². The Kier molecular flexibility index (Phi) is 4.46. The molecular formula is C18H16FN3O2. The van der Waals surface area contributed by atoms with Gasteiger partial charge in [0.2, 0.25) is 0 Å². The Hall–Kier alpha value is -2.89. The third kappa shape index (κ3) is 3.08. The van der Waals surface area contributed by atoms with Crippen molar-refractivity contribution in [2.45, 2.75) is 24.8 Å². The molecule has 0 saturated heterocycles. The number of nitrogens with zero attached hydrogens (tertiary/aromatic N) is 3. The second-order valence-corrected chi connectivity index (χ2v) is 5.57. The van der Waals surface area contributed by atoms with Crippen LogP contribution in [0.3, 0.4) is 0 Å². The molecular weight excluding hydrogens is 309 g/mol. The van der Waals surface area contributed by atoms with E-state index >= 15 is 0 Å². The molecule has 0 aliphatic carbocycles. The van der Waals surface area contributed by atoms with Gasteiger partial charge in [0.15, 0.2) is 0 Å². The normalized spacial score (nSPS) is 19.3. The summed E-state index contributed by atoms with van der Waals surface area (Å²) in [6.45, 7) is 0. The first-order chi connectivity index (χ1) is 11.6. The number of carboxylic acids is 1. The first-order valence-corrected chi connectivity index (χ1v) is 7.62. The van der Waals surface area contributed by atoms with Gasteiger partial charge in [0.05, 0.1) is 5.71 Å². The average molecular weight is 325 g/mol. The van der Waals surface area contributed by atoms with Crippen molar-refractivity contribution < 1.29 is 14.3 Å². The van der Waals surface area contributed by atoms with E-state index in [0.717, 1.165) is 16.8 Å². The smallest absolute Gasteiger partial charge is 0.303 e. The number of carboxylic acid groups (broad SMARTS) is 1. The highest BCUT2D eigenvalue weighted by atomic mass is 19.1. The number of benzene rings is 1. The molecule has 1 unspecified atom stereocenters. The molecule has 122 valence electrons. The van der Waals surface area contributed by atoms with Gasteiger partial charge in [-0.2, -0.15) is 0 Å². The quantitative estimate of drug-likeness (QED) is 0.886. The average Bonchev–Trinajstić information content (AvgIpc) is 3.01. The molecule has 3 rings (SSSR count). The van der Waals surface area contributed by atoms with Crippen LogP contribution in [0.25, 0.3) is 0 Å². The van der Waals surface area contributed by atoms with Crippen molar-refractivity contribution in [3.8, 4) is 0 Å². The van der Waals surface area contributed by atoms with E-state index in [0.29, 0.717) is 12.8 Å². The van der Waals surface area contributed by atoms with E-state index in [-0.39, 0.29) is 12.2 Å². The second kappa shape index (κ2) is 6.70. The molecule has 1 N–H and O–H groups in total. The number of hydrogen-bond donors (Lipinski definition) is 1. The van der Waals surface area contributed by atoms with Crippen molar-refractivity contribution in [1.82, 2.24) is 4.98 Å². The lowest BCUT2D eigenvalue weighted by molar-refractivity contribution is -0.137. The zero-order valence-electron chi connectivity index (χ0n) is 12.9. The molecule has 0 bridgehead atoms. The van der Waals surface area contributed by atoms with Crippen LogP contribution in [0.1, 0.15) is 30.4 Å². The van der Waals surface area contributed by atoms with Gasteiger partial charge in [-0.3, -0.25) is 14.8 Å². The minimum atomic E-state index is -0.853. The molecule has 2 heterocycles. The van der Waals surface area contributed by atoms with Crippen molar-refractivity contribution >= 4 is 18.0 Å². The number of hydrogen-bond acceptors (Lipinski definition) is 4. The lowest BCUT2D eigenvalue weighted by atomic mass is 9.79. The van der Waals surface area contributed by atoms with Gasteiger partial charge < -0.3 is 5.11 Å². The maximum Gasteiger partial charge on any atom is 0.303 e. The first kappa shape index (κ1) is 16.0. The van der Waals surface area contributed by atoms with Crippen LogP contribution in [-0.4, -0.2) is 28.1 Å².